The first-order valence-electron chi connectivity index (χ1n) is 8.30. The van der Waals surface area contributed by atoms with Crippen molar-refractivity contribution in [2.75, 3.05) is 0 Å². The van der Waals surface area contributed by atoms with E-state index in [9.17, 15) is 0 Å². The molecule has 0 saturated carbocycles. The lowest BCUT2D eigenvalue weighted by Gasteiger charge is -2.22. The summed E-state index contributed by atoms with van der Waals surface area (Å²) in [4.78, 5) is 0. The average molecular weight is 298 g/mol. The van der Waals surface area contributed by atoms with Gasteiger partial charge in [-0.25, -0.2) is 0 Å². The number of aryl methyl sites for hydroxylation is 2. The van der Waals surface area contributed by atoms with E-state index in [4.69, 9.17) is 0 Å². The molecule has 0 unspecified atom stereocenters. The molecule has 1 aliphatic rings. The van der Waals surface area contributed by atoms with Crippen LogP contribution in [0.2, 0.25) is 0 Å². The van der Waals surface area contributed by atoms with E-state index in [1.165, 1.54) is 44.5 Å². The van der Waals surface area contributed by atoms with Gasteiger partial charge in [0.05, 0.1) is 0 Å². The molecule has 0 atom stereocenters. The van der Waals surface area contributed by atoms with Crippen LogP contribution in [-0.4, -0.2) is 0 Å². The van der Waals surface area contributed by atoms with Crippen molar-refractivity contribution in [1.29, 1.82) is 0 Å². The first kappa shape index (κ1) is 14.3. The molecular formula is C23H22. The van der Waals surface area contributed by atoms with E-state index in [1.54, 1.807) is 0 Å². The van der Waals surface area contributed by atoms with Crippen LogP contribution in [0.5, 0.6) is 0 Å². The van der Waals surface area contributed by atoms with Gasteiger partial charge in [-0.1, -0.05) is 79.6 Å². The fraction of sp³-hybridized carbons (Fsp3) is 0.217. The van der Waals surface area contributed by atoms with Gasteiger partial charge in [0.2, 0.25) is 0 Å². The van der Waals surface area contributed by atoms with Crippen LogP contribution in [0, 0.1) is 13.8 Å². The molecule has 3 aromatic carbocycles. The number of benzene rings is 3. The van der Waals surface area contributed by atoms with E-state index in [0.29, 0.717) is 0 Å². The highest BCUT2D eigenvalue weighted by atomic mass is 14.4. The van der Waals surface area contributed by atoms with Crippen molar-refractivity contribution in [3.05, 3.63) is 82.9 Å². The van der Waals surface area contributed by atoms with Crippen molar-refractivity contribution in [3.63, 3.8) is 0 Å². The summed E-state index contributed by atoms with van der Waals surface area (Å²) in [6.45, 7) is 9.00. The van der Waals surface area contributed by atoms with E-state index < -0.39 is 0 Å². The van der Waals surface area contributed by atoms with Crippen LogP contribution in [0.3, 0.4) is 0 Å². The minimum absolute atomic E-state index is 0.0669. The maximum absolute atomic E-state index is 2.38. The van der Waals surface area contributed by atoms with E-state index >= 15 is 0 Å². The third kappa shape index (κ3) is 2.13. The summed E-state index contributed by atoms with van der Waals surface area (Å²) in [5.41, 5.74) is 11.0. The van der Waals surface area contributed by atoms with Crippen molar-refractivity contribution in [2.45, 2.75) is 33.1 Å². The second kappa shape index (κ2) is 4.83. The highest BCUT2D eigenvalue weighted by Crippen LogP contribution is 2.49. The Morgan fingerprint density at radius 1 is 0.565 bits per heavy atom. The zero-order valence-corrected chi connectivity index (χ0v) is 14.3. The van der Waals surface area contributed by atoms with Gasteiger partial charge in [-0.05, 0) is 53.3 Å². The smallest absolute Gasteiger partial charge is 0.0159 e. The molecule has 0 amide bonds. The van der Waals surface area contributed by atoms with E-state index in [0.717, 1.165) is 0 Å². The number of rotatable bonds is 1. The summed E-state index contributed by atoms with van der Waals surface area (Å²) >= 11 is 0. The van der Waals surface area contributed by atoms with Gasteiger partial charge in [0, 0.05) is 5.41 Å². The van der Waals surface area contributed by atoms with Crippen molar-refractivity contribution in [3.8, 4) is 22.3 Å². The lowest BCUT2D eigenvalue weighted by Crippen LogP contribution is -2.15. The van der Waals surface area contributed by atoms with Gasteiger partial charge in [0.25, 0.3) is 0 Å². The molecule has 0 saturated heterocycles. The Kier molecular flexibility index (Phi) is 2.99. The first-order valence-corrected chi connectivity index (χ1v) is 8.30. The van der Waals surface area contributed by atoms with E-state index in [2.05, 4.69) is 88.4 Å². The first-order chi connectivity index (χ1) is 11.0. The molecule has 0 fully saturated rings. The van der Waals surface area contributed by atoms with Crippen molar-refractivity contribution in [1.82, 2.24) is 0 Å². The van der Waals surface area contributed by atoms with E-state index in [1.807, 2.05) is 0 Å². The third-order valence-corrected chi connectivity index (χ3v) is 5.22. The van der Waals surface area contributed by atoms with Crippen molar-refractivity contribution >= 4 is 0 Å². The molecular weight excluding hydrogens is 276 g/mol. The molecule has 3 aromatic rings. The Labute approximate surface area is 138 Å². The molecule has 0 nitrogen and oxygen atoms in total. The molecule has 1 aliphatic carbocycles. The van der Waals surface area contributed by atoms with Crippen LogP contribution in [-0.2, 0) is 5.41 Å². The molecule has 0 N–H and O–H groups in total. The molecule has 0 aromatic heterocycles. The second-order valence-electron chi connectivity index (χ2n) is 7.30. The van der Waals surface area contributed by atoms with E-state index in [-0.39, 0.29) is 5.41 Å². The Hall–Kier alpha value is -2.34. The van der Waals surface area contributed by atoms with Crippen LogP contribution >= 0.6 is 0 Å². The van der Waals surface area contributed by atoms with Crippen LogP contribution in [0.4, 0.5) is 0 Å². The highest BCUT2D eigenvalue weighted by Gasteiger charge is 2.35. The van der Waals surface area contributed by atoms with Gasteiger partial charge in [0.15, 0.2) is 0 Å². The summed E-state index contributed by atoms with van der Waals surface area (Å²) in [5, 5.41) is 0. The summed E-state index contributed by atoms with van der Waals surface area (Å²) in [5.74, 6) is 0. The molecule has 0 heterocycles. The van der Waals surface area contributed by atoms with Gasteiger partial charge < -0.3 is 0 Å². The Balaban J connectivity index is 1.90. The summed E-state index contributed by atoms with van der Waals surface area (Å²) in [7, 11) is 0. The SMILES string of the molecule is Cc1ccc(-c2ccc3c(c2)C(C)(C)c2cc(C)ccc2-3)cc1. The van der Waals surface area contributed by atoms with Gasteiger partial charge in [-0.3, -0.25) is 0 Å². The molecule has 23 heavy (non-hydrogen) atoms. The minimum Gasteiger partial charge on any atom is -0.0587 e. The zero-order chi connectivity index (χ0) is 16.2. The lowest BCUT2D eigenvalue weighted by atomic mass is 9.81. The molecule has 4 rings (SSSR count). The van der Waals surface area contributed by atoms with Gasteiger partial charge >= 0.3 is 0 Å². The summed E-state index contributed by atoms with van der Waals surface area (Å²) in [6, 6.07) is 22.6. The fourth-order valence-corrected chi connectivity index (χ4v) is 3.78. The molecule has 114 valence electrons. The number of hydrogen-bond donors (Lipinski definition) is 0. The monoisotopic (exact) mass is 298 g/mol. The van der Waals surface area contributed by atoms with Gasteiger partial charge in [-0.2, -0.15) is 0 Å². The predicted molar refractivity (Wildman–Crippen MR) is 98.9 cm³/mol. The Bertz CT molecular complexity index is 896. The summed E-state index contributed by atoms with van der Waals surface area (Å²) < 4.78 is 0. The molecule has 0 aliphatic heterocycles. The maximum atomic E-state index is 2.38. The predicted octanol–water partition coefficient (Wildman–Crippen LogP) is 6.28. The second-order valence-corrected chi connectivity index (χ2v) is 7.30. The van der Waals surface area contributed by atoms with Crippen LogP contribution in [0.15, 0.2) is 60.7 Å². The Morgan fingerprint density at radius 2 is 1.09 bits per heavy atom. The fourth-order valence-electron chi connectivity index (χ4n) is 3.78. The lowest BCUT2D eigenvalue weighted by molar-refractivity contribution is 0.660. The van der Waals surface area contributed by atoms with Crippen LogP contribution in [0.1, 0.15) is 36.1 Å². The number of hydrogen-bond acceptors (Lipinski definition) is 0. The normalized spacial score (nSPS) is 14.4. The minimum atomic E-state index is 0.0669. The van der Waals surface area contributed by atoms with Crippen molar-refractivity contribution < 1.29 is 0 Å². The standard InChI is InChI=1S/C23H22/c1-15-5-8-17(9-6-15)18-10-12-20-19-11-7-16(2)13-21(19)23(3,4)22(20)14-18/h5-14H,1-4H3. The third-order valence-electron chi connectivity index (χ3n) is 5.22. The van der Waals surface area contributed by atoms with Gasteiger partial charge in [0.1, 0.15) is 0 Å². The molecule has 0 radical (unpaired) electrons. The number of fused-ring (bicyclic) bond motifs is 3. The van der Waals surface area contributed by atoms with Crippen molar-refractivity contribution in [2.24, 2.45) is 0 Å². The molecule has 0 heteroatoms. The van der Waals surface area contributed by atoms with Crippen LogP contribution in [0.25, 0.3) is 22.3 Å². The average Bonchev–Trinajstić information content (AvgIpc) is 2.76. The largest absolute Gasteiger partial charge is 0.0587 e. The summed E-state index contributed by atoms with van der Waals surface area (Å²) in [6.07, 6.45) is 0. The quantitative estimate of drug-likeness (QED) is 0.496. The Morgan fingerprint density at radius 3 is 1.78 bits per heavy atom. The topological polar surface area (TPSA) is 0 Å². The van der Waals surface area contributed by atoms with Crippen LogP contribution < -0.4 is 0 Å². The van der Waals surface area contributed by atoms with Gasteiger partial charge in [-0.15, -0.1) is 0 Å². The zero-order valence-electron chi connectivity index (χ0n) is 14.3. The maximum Gasteiger partial charge on any atom is 0.0159 e. The molecule has 0 bridgehead atoms. The molecule has 0 spiro atoms. The highest BCUT2D eigenvalue weighted by molar-refractivity contribution is 5.83.